The first-order chi connectivity index (χ1) is 62.1. The lowest BCUT2D eigenvalue weighted by Crippen LogP contribution is -2.09. The Kier molecular flexibility index (Phi) is 24.0. The molecule has 0 amide bonds. The lowest BCUT2D eigenvalue weighted by Gasteiger charge is -2.26. The molecular formula is C116H76Br3N5S2. The monoisotopic (exact) mass is 1840 g/mol. The molecule has 2 aromatic heterocycles. The van der Waals surface area contributed by atoms with Crippen LogP contribution in [0.1, 0.15) is 11.1 Å². The highest BCUT2D eigenvalue weighted by Crippen LogP contribution is 2.47. The van der Waals surface area contributed by atoms with E-state index in [9.17, 15) is 5.26 Å². The number of fused-ring (bicyclic) bond motifs is 6. The normalized spacial score (nSPS) is 11.0. The Hall–Kier alpha value is -14.6. The van der Waals surface area contributed by atoms with Gasteiger partial charge in [0, 0.05) is 105 Å². The van der Waals surface area contributed by atoms with Gasteiger partial charge in [-0.1, -0.05) is 327 Å². The third kappa shape index (κ3) is 17.7. The summed E-state index contributed by atoms with van der Waals surface area (Å²) in [6.45, 7) is 0. The first-order valence-electron chi connectivity index (χ1n) is 41.5. The Bertz CT molecular complexity index is 7290. The van der Waals surface area contributed by atoms with Crippen molar-refractivity contribution in [3.63, 3.8) is 0 Å². The largest absolute Gasteiger partial charge is 0.311 e. The molecule has 0 aliphatic carbocycles. The van der Waals surface area contributed by atoms with Gasteiger partial charge in [0.15, 0.2) is 0 Å². The maximum absolute atomic E-state index is 9.23. The number of anilines is 9. The highest BCUT2D eigenvalue weighted by molar-refractivity contribution is 9.11. The zero-order chi connectivity index (χ0) is 85.2. The summed E-state index contributed by atoms with van der Waals surface area (Å²) in [7, 11) is 0. The second-order valence-corrected chi connectivity index (χ2v) is 35.4. The summed E-state index contributed by atoms with van der Waals surface area (Å²) in [5.74, 6) is 0. The molecular weight excluding hydrogens is 1770 g/mol. The van der Waals surface area contributed by atoms with Crippen molar-refractivity contribution in [3.8, 4) is 101 Å². The molecule has 0 radical (unpaired) electrons. The molecule has 0 bridgehead atoms. The van der Waals surface area contributed by atoms with E-state index in [2.05, 4.69) is 475 Å². The van der Waals surface area contributed by atoms with E-state index < -0.39 is 0 Å². The topological polar surface area (TPSA) is 57.3 Å². The van der Waals surface area contributed by atoms with Crippen LogP contribution in [-0.2, 0) is 0 Å². The SMILES string of the molecule is Brc1ccc(-c2ccc(N(c3ccc(-c4cccc5c4sc4ccccc45)cc3)c3ccc(-c4cccc5c4sc4ccccc45)cc3)cc2)cc1.N#Cc1ccc(-c2ccc(N(c3ccc(-c4ccccc4)cc3)c3ccc(-c4ccc(Br)cc4)cc3)cc2)cc1.N#Cc1ccc(N(c2ccc(-c3ccccc3)cc2)c2ccc(-c3ccc(Br)cc3)cc2)cc1. The number of rotatable bonds is 17. The molecule has 126 heavy (non-hydrogen) atoms. The summed E-state index contributed by atoms with van der Waals surface area (Å²) in [6.07, 6.45) is 0. The van der Waals surface area contributed by atoms with Crippen LogP contribution in [-0.4, -0.2) is 0 Å². The molecule has 0 fully saturated rings. The Morgan fingerprint density at radius 3 is 0.619 bits per heavy atom. The van der Waals surface area contributed by atoms with Crippen LogP contribution in [0.2, 0.25) is 0 Å². The zero-order valence-electron chi connectivity index (χ0n) is 68.1. The minimum atomic E-state index is 0.647. The number of benzene rings is 19. The maximum Gasteiger partial charge on any atom is 0.0991 e. The Morgan fingerprint density at radius 2 is 0.365 bits per heavy atom. The smallest absolute Gasteiger partial charge is 0.0991 e. The number of thiophene rings is 2. The molecule has 0 saturated heterocycles. The van der Waals surface area contributed by atoms with Gasteiger partial charge in [-0.25, -0.2) is 0 Å². The summed E-state index contributed by atoms with van der Waals surface area (Å²) in [4.78, 5) is 6.85. The standard InChI is InChI=1S/C48H30BrNS2.C37H25BrN2.C31H21BrN2/c49-35-23-15-31(16-24-35)32-17-25-36(26-18-32)50(37-27-19-33(20-28-37)39-9-5-11-43-41-7-1-3-13-45(41)51-47(39)43)38-29-21-34(22-30-38)40-10-6-12-44-42-8-2-4-14-46(42)52-48(40)44;38-34-18-10-30(11-19-34)33-16-24-37(25-17-33)40(35-20-12-31(13-21-35)28-4-2-1-3-5-28)36-22-14-32(15-23-36)29-8-6-27(26-39)7-9-29;32-28-14-8-25(9-15-28)27-12-20-31(21-13-27)34(29-16-6-23(22-33)7-17-29)30-18-10-26(11-19-30)24-4-2-1-3-5-24/h1-30H;1-25H;1-21H. The van der Waals surface area contributed by atoms with Gasteiger partial charge in [0.1, 0.15) is 0 Å². The highest BCUT2D eigenvalue weighted by Gasteiger charge is 2.21. The van der Waals surface area contributed by atoms with Crippen LogP contribution >= 0.6 is 70.5 Å². The molecule has 10 heteroatoms. The summed E-state index contributed by atoms with van der Waals surface area (Å²) in [5.41, 5.74) is 30.0. The third-order valence-electron chi connectivity index (χ3n) is 22.8. The first kappa shape index (κ1) is 81.1. The number of hydrogen-bond acceptors (Lipinski definition) is 7. The zero-order valence-corrected chi connectivity index (χ0v) is 74.5. The molecule has 0 aliphatic heterocycles. The summed E-state index contributed by atoms with van der Waals surface area (Å²) in [6, 6.07) is 167. The minimum Gasteiger partial charge on any atom is -0.311 e. The molecule has 0 unspecified atom stereocenters. The van der Waals surface area contributed by atoms with Crippen molar-refractivity contribution in [1.82, 2.24) is 0 Å². The van der Waals surface area contributed by atoms with E-state index in [1.807, 2.05) is 83.3 Å². The number of nitrogens with zero attached hydrogens (tertiary/aromatic N) is 5. The van der Waals surface area contributed by atoms with Crippen LogP contribution in [0.5, 0.6) is 0 Å². The predicted molar refractivity (Wildman–Crippen MR) is 545 cm³/mol. The van der Waals surface area contributed by atoms with Gasteiger partial charge in [-0.3, -0.25) is 0 Å². The molecule has 0 spiro atoms. The van der Waals surface area contributed by atoms with Gasteiger partial charge in [-0.05, 0) is 271 Å². The molecule has 19 aromatic carbocycles. The van der Waals surface area contributed by atoms with Gasteiger partial charge in [0.25, 0.3) is 0 Å². The van der Waals surface area contributed by atoms with Crippen molar-refractivity contribution < 1.29 is 0 Å². The summed E-state index contributed by atoms with van der Waals surface area (Å²) < 4.78 is 8.54. The van der Waals surface area contributed by atoms with E-state index in [1.165, 1.54) is 113 Å². The van der Waals surface area contributed by atoms with Crippen molar-refractivity contribution in [1.29, 1.82) is 10.5 Å². The van der Waals surface area contributed by atoms with Crippen LogP contribution in [0.25, 0.3) is 129 Å². The lowest BCUT2D eigenvalue weighted by molar-refractivity contribution is 1.28. The van der Waals surface area contributed by atoms with Crippen LogP contribution in [0.15, 0.2) is 474 Å². The van der Waals surface area contributed by atoms with Crippen molar-refractivity contribution in [3.05, 3.63) is 486 Å². The third-order valence-corrected chi connectivity index (χ3v) is 26.8. The highest BCUT2D eigenvalue weighted by atomic mass is 79.9. The lowest BCUT2D eigenvalue weighted by atomic mass is 10.0. The van der Waals surface area contributed by atoms with Gasteiger partial charge in [-0.15, -0.1) is 22.7 Å². The summed E-state index contributed by atoms with van der Waals surface area (Å²) in [5, 5.41) is 23.7. The molecule has 21 aromatic rings. The van der Waals surface area contributed by atoms with E-state index >= 15 is 0 Å². The maximum atomic E-state index is 9.23. The van der Waals surface area contributed by atoms with Gasteiger partial charge >= 0.3 is 0 Å². The van der Waals surface area contributed by atoms with E-state index in [0.29, 0.717) is 11.1 Å². The number of hydrogen-bond donors (Lipinski definition) is 0. The Labute approximate surface area is 767 Å². The van der Waals surface area contributed by atoms with E-state index in [-0.39, 0.29) is 0 Å². The Balaban J connectivity index is 0.000000127. The molecule has 0 aliphatic rings. The predicted octanol–water partition coefficient (Wildman–Crippen LogP) is 35.6. The number of nitriles is 2. The average molecular weight is 1840 g/mol. The van der Waals surface area contributed by atoms with Crippen molar-refractivity contribution in [2.75, 3.05) is 14.7 Å². The van der Waals surface area contributed by atoms with Crippen molar-refractivity contribution in [2.24, 2.45) is 0 Å². The molecule has 598 valence electrons. The quantitative estimate of drug-likeness (QED) is 0.0909. The fourth-order valence-electron chi connectivity index (χ4n) is 16.3. The van der Waals surface area contributed by atoms with Crippen molar-refractivity contribution >= 4 is 162 Å². The molecule has 0 N–H and O–H groups in total. The number of halogens is 3. The molecule has 2 heterocycles. The van der Waals surface area contributed by atoms with Crippen LogP contribution < -0.4 is 14.7 Å². The van der Waals surface area contributed by atoms with Gasteiger partial charge in [0.05, 0.1) is 23.3 Å². The van der Waals surface area contributed by atoms with Crippen LogP contribution in [0, 0.1) is 22.7 Å². The van der Waals surface area contributed by atoms with Gasteiger partial charge in [0.2, 0.25) is 0 Å². The Morgan fingerprint density at radius 1 is 0.175 bits per heavy atom. The van der Waals surface area contributed by atoms with Crippen molar-refractivity contribution in [2.45, 2.75) is 0 Å². The fourth-order valence-corrected chi connectivity index (χ4v) is 19.6. The fraction of sp³-hybridized carbons (Fsp3) is 0. The molecule has 5 nitrogen and oxygen atoms in total. The molecule has 0 saturated carbocycles. The van der Waals surface area contributed by atoms with Gasteiger partial charge < -0.3 is 14.7 Å². The molecule has 21 rings (SSSR count). The average Bonchev–Trinajstić information content (AvgIpc) is 1.39. The second-order valence-electron chi connectivity index (χ2n) is 30.5. The van der Waals surface area contributed by atoms with Crippen LogP contribution in [0.3, 0.4) is 0 Å². The van der Waals surface area contributed by atoms with E-state index in [4.69, 9.17) is 5.26 Å². The first-order valence-corrected chi connectivity index (χ1v) is 45.5. The minimum absolute atomic E-state index is 0.647. The van der Waals surface area contributed by atoms with E-state index in [1.54, 1.807) is 0 Å². The van der Waals surface area contributed by atoms with Gasteiger partial charge in [-0.2, -0.15) is 10.5 Å². The van der Waals surface area contributed by atoms with E-state index in [0.717, 1.165) is 81.3 Å². The summed E-state index contributed by atoms with van der Waals surface area (Å²) >= 11 is 14.4. The molecule has 0 atom stereocenters. The second kappa shape index (κ2) is 37.3. The van der Waals surface area contributed by atoms with Crippen LogP contribution in [0.4, 0.5) is 51.2 Å².